The number of aliphatic hydroxyl groups is 1. The van der Waals surface area contributed by atoms with Gasteiger partial charge in [0.2, 0.25) is 5.91 Å². The zero-order valence-corrected chi connectivity index (χ0v) is 10.5. The monoisotopic (exact) mass is 266 g/mol. The lowest BCUT2D eigenvalue weighted by molar-refractivity contribution is -0.118. The molecule has 0 aliphatic carbocycles. The summed E-state index contributed by atoms with van der Waals surface area (Å²) < 4.78 is 0. The molecule has 1 heterocycles. The Balaban J connectivity index is 2.42. The van der Waals surface area contributed by atoms with Gasteiger partial charge in [0.15, 0.2) is 0 Å². The number of hydrogen-bond acceptors (Lipinski definition) is 4. The Hall–Kier alpha value is -1.84. The number of carbonyl (C=O) groups is 2. The van der Waals surface area contributed by atoms with Crippen molar-refractivity contribution in [2.75, 3.05) is 13.2 Å². The van der Waals surface area contributed by atoms with E-state index < -0.39 is 0 Å². The van der Waals surface area contributed by atoms with Crippen LogP contribution in [0, 0.1) is 11.8 Å². The van der Waals surface area contributed by atoms with E-state index in [0.29, 0.717) is 17.8 Å². The van der Waals surface area contributed by atoms with E-state index in [0.717, 1.165) is 4.88 Å². The van der Waals surface area contributed by atoms with E-state index >= 15 is 0 Å². The third kappa shape index (κ3) is 4.99. The largest absolute Gasteiger partial charge is 0.384 e. The van der Waals surface area contributed by atoms with E-state index in [1.54, 1.807) is 12.1 Å². The van der Waals surface area contributed by atoms with Crippen LogP contribution >= 0.6 is 11.3 Å². The molecule has 18 heavy (non-hydrogen) atoms. The lowest BCUT2D eigenvalue weighted by atomic mass is 10.3. The van der Waals surface area contributed by atoms with E-state index in [2.05, 4.69) is 17.2 Å². The minimum Gasteiger partial charge on any atom is -0.384 e. The van der Waals surface area contributed by atoms with Crippen LogP contribution in [0.2, 0.25) is 0 Å². The second kappa shape index (κ2) is 7.48. The maximum absolute atomic E-state index is 11.7. The normalized spacial score (nSPS) is 9.39. The first-order valence-electron chi connectivity index (χ1n) is 5.39. The Kier molecular flexibility index (Phi) is 5.91. The van der Waals surface area contributed by atoms with Crippen LogP contribution in [0.5, 0.6) is 0 Å². The minimum absolute atomic E-state index is 0.193. The van der Waals surface area contributed by atoms with Crippen molar-refractivity contribution in [3.05, 3.63) is 21.9 Å². The van der Waals surface area contributed by atoms with Gasteiger partial charge in [0.05, 0.1) is 9.75 Å². The van der Waals surface area contributed by atoms with E-state index in [9.17, 15) is 9.59 Å². The quantitative estimate of drug-likeness (QED) is 0.521. The van der Waals surface area contributed by atoms with E-state index in [4.69, 9.17) is 10.8 Å². The van der Waals surface area contributed by atoms with Crippen molar-refractivity contribution < 1.29 is 14.7 Å². The molecule has 5 nitrogen and oxygen atoms in total. The number of nitrogens with two attached hydrogens (primary N) is 1. The summed E-state index contributed by atoms with van der Waals surface area (Å²) in [5, 5.41) is 11.2. The van der Waals surface area contributed by atoms with Crippen LogP contribution in [0.1, 0.15) is 27.4 Å². The topological polar surface area (TPSA) is 92.4 Å². The minimum atomic E-state index is -0.373. The molecule has 4 N–H and O–H groups in total. The van der Waals surface area contributed by atoms with E-state index in [1.165, 1.54) is 11.3 Å². The maximum atomic E-state index is 11.7. The summed E-state index contributed by atoms with van der Waals surface area (Å²) in [4.78, 5) is 23.4. The lowest BCUT2D eigenvalue weighted by Gasteiger charge is -2.01. The first kappa shape index (κ1) is 14.2. The molecule has 0 unspecified atom stereocenters. The average Bonchev–Trinajstić information content (AvgIpc) is 2.80. The molecule has 96 valence electrons. The van der Waals surface area contributed by atoms with Crippen molar-refractivity contribution in [1.29, 1.82) is 0 Å². The third-order valence-electron chi connectivity index (χ3n) is 2.01. The van der Waals surface area contributed by atoms with Crippen LogP contribution in [0.4, 0.5) is 0 Å². The van der Waals surface area contributed by atoms with Gasteiger partial charge < -0.3 is 16.2 Å². The summed E-state index contributed by atoms with van der Waals surface area (Å²) in [6, 6.07) is 3.40. The van der Waals surface area contributed by atoms with Crippen molar-refractivity contribution in [1.82, 2.24) is 5.32 Å². The molecular weight excluding hydrogens is 252 g/mol. The molecule has 1 aromatic rings. The second-order valence-corrected chi connectivity index (χ2v) is 4.53. The van der Waals surface area contributed by atoms with Gasteiger partial charge in [-0.25, -0.2) is 0 Å². The van der Waals surface area contributed by atoms with Gasteiger partial charge in [-0.15, -0.1) is 11.3 Å². The van der Waals surface area contributed by atoms with Gasteiger partial charge in [0, 0.05) is 13.0 Å². The molecule has 0 saturated heterocycles. The number of hydrogen-bond donors (Lipinski definition) is 3. The zero-order chi connectivity index (χ0) is 13.4. The number of amides is 2. The molecule has 0 saturated carbocycles. The number of nitrogens with one attached hydrogen (secondary N) is 1. The number of rotatable bonds is 5. The Labute approximate surface area is 109 Å². The average molecular weight is 266 g/mol. The van der Waals surface area contributed by atoms with Gasteiger partial charge in [-0.05, 0) is 18.6 Å². The van der Waals surface area contributed by atoms with Crippen LogP contribution in [-0.2, 0) is 4.79 Å². The van der Waals surface area contributed by atoms with Crippen molar-refractivity contribution in [2.45, 2.75) is 12.8 Å². The summed E-state index contributed by atoms with van der Waals surface area (Å²) in [7, 11) is 0. The van der Waals surface area contributed by atoms with Crippen LogP contribution in [0.3, 0.4) is 0 Å². The number of aliphatic hydroxyl groups excluding tert-OH is 1. The van der Waals surface area contributed by atoms with Crippen LogP contribution in [0.15, 0.2) is 12.1 Å². The van der Waals surface area contributed by atoms with Gasteiger partial charge in [0.1, 0.15) is 6.61 Å². The molecule has 0 aromatic carbocycles. The van der Waals surface area contributed by atoms with Crippen molar-refractivity contribution in [2.24, 2.45) is 5.73 Å². The summed E-state index contributed by atoms with van der Waals surface area (Å²) in [5.41, 5.74) is 4.99. The first-order chi connectivity index (χ1) is 8.63. The highest BCUT2D eigenvalue weighted by atomic mass is 32.1. The highest BCUT2D eigenvalue weighted by Gasteiger charge is 2.07. The molecule has 1 aromatic heterocycles. The maximum Gasteiger partial charge on any atom is 0.261 e. The molecule has 0 aliphatic rings. The van der Waals surface area contributed by atoms with Crippen molar-refractivity contribution in [3.8, 4) is 11.8 Å². The Morgan fingerprint density at radius 1 is 1.44 bits per heavy atom. The van der Waals surface area contributed by atoms with Crippen molar-refractivity contribution in [3.63, 3.8) is 0 Å². The van der Waals surface area contributed by atoms with Gasteiger partial charge in [-0.1, -0.05) is 11.8 Å². The van der Waals surface area contributed by atoms with Crippen LogP contribution in [-0.4, -0.2) is 30.1 Å². The first-order valence-corrected chi connectivity index (χ1v) is 6.21. The Morgan fingerprint density at radius 2 is 2.22 bits per heavy atom. The molecule has 0 fully saturated rings. The molecule has 0 radical (unpaired) electrons. The predicted octanol–water partition coefficient (Wildman–Crippen LogP) is 0.0872. The fraction of sp³-hybridized carbons (Fsp3) is 0.333. The molecule has 0 spiro atoms. The summed E-state index contributed by atoms with van der Waals surface area (Å²) >= 11 is 1.26. The molecule has 6 heteroatoms. The Morgan fingerprint density at radius 3 is 2.89 bits per heavy atom. The predicted molar refractivity (Wildman–Crippen MR) is 69.0 cm³/mol. The smallest absolute Gasteiger partial charge is 0.261 e. The molecular formula is C12H14N2O3S. The van der Waals surface area contributed by atoms with Gasteiger partial charge in [-0.3, -0.25) is 9.59 Å². The number of thiophene rings is 1. The van der Waals surface area contributed by atoms with E-state index in [-0.39, 0.29) is 24.8 Å². The van der Waals surface area contributed by atoms with Gasteiger partial charge >= 0.3 is 0 Å². The Bertz CT molecular complexity index is 485. The third-order valence-corrected chi connectivity index (χ3v) is 3.01. The number of carbonyl (C=O) groups excluding carboxylic acids is 2. The fourth-order valence-corrected chi connectivity index (χ4v) is 2.00. The summed E-state index contributed by atoms with van der Waals surface area (Å²) in [5.74, 6) is 4.68. The molecule has 1 rings (SSSR count). The summed E-state index contributed by atoms with van der Waals surface area (Å²) in [6.45, 7) is 0.212. The van der Waals surface area contributed by atoms with Gasteiger partial charge in [0.25, 0.3) is 5.91 Å². The zero-order valence-electron chi connectivity index (χ0n) is 9.73. The standard InChI is InChI=1S/C12H14N2O3S/c13-11(16)4-1-7-14-12(17)10-6-5-9(18-10)3-2-8-15/h5-6,15H,1,4,7-8H2,(H2,13,16)(H,14,17). The van der Waals surface area contributed by atoms with Gasteiger partial charge in [-0.2, -0.15) is 0 Å². The molecule has 0 bridgehead atoms. The van der Waals surface area contributed by atoms with Crippen molar-refractivity contribution >= 4 is 23.2 Å². The van der Waals surface area contributed by atoms with E-state index in [1.807, 2.05) is 0 Å². The molecule has 0 atom stereocenters. The highest BCUT2D eigenvalue weighted by molar-refractivity contribution is 7.14. The second-order valence-electron chi connectivity index (χ2n) is 3.45. The van der Waals surface area contributed by atoms with Crippen LogP contribution in [0.25, 0.3) is 0 Å². The molecule has 2 amide bonds. The molecule has 0 aliphatic heterocycles. The summed E-state index contributed by atoms with van der Waals surface area (Å²) in [6.07, 6.45) is 0.793. The fourth-order valence-electron chi connectivity index (χ4n) is 1.21. The lowest BCUT2D eigenvalue weighted by Crippen LogP contribution is -2.24. The van der Waals surface area contributed by atoms with Crippen LogP contribution < -0.4 is 11.1 Å². The highest BCUT2D eigenvalue weighted by Crippen LogP contribution is 2.15. The number of primary amides is 1. The SMILES string of the molecule is NC(=O)CCCNC(=O)c1ccc(C#CCO)s1.